The fourth-order valence-electron chi connectivity index (χ4n) is 2.70. The number of benzene rings is 2. The Morgan fingerprint density at radius 2 is 1.96 bits per heavy atom. The Balaban J connectivity index is 2.07. The molecule has 4 nitrogen and oxygen atoms in total. The van der Waals surface area contributed by atoms with Gasteiger partial charge < -0.3 is 9.64 Å². The van der Waals surface area contributed by atoms with E-state index in [1.807, 2.05) is 6.07 Å². The van der Waals surface area contributed by atoms with Gasteiger partial charge in [0.2, 0.25) is 5.91 Å². The van der Waals surface area contributed by atoms with Crippen LogP contribution < -0.4 is 4.74 Å². The van der Waals surface area contributed by atoms with Crippen LogP contribution in [0.15, 0.2) is 61.2 Å². The number of aryl methyl sites for hydroxylation is 1. The lowest BCUT2D eigenvalue weighted by Gasteiger charge is -2.22. The highest BCUT2D eigenvalue weighted by molar-refractivity contribution is 5.76. The van der Waals surface area contributed by atoms with Crippen LogP contribution in [-0.2, 0) is 17.8 Å². The van der Waals surface area contributed by atoms with Crippen molar-refractivity contribution in [1.29, 1.82) is 5.26 Å². The van der Waals surface area contributed by atoms with Crippen LogP contribution in [0.25, 0.3) is 0 Å². The summed E-state index contributed by atoms with van der Waals surface area (Å²) in [6, 6.07) is 14.7. The second-order valence-corrected chi connectivity index (χ2v) is 6.03. The number of alkyl halides is 3. The summed E-state index contributed by atoms with van der Waals surface area (Å²) in [7, 11) is 0. The summed E-state index contributed by atoms with van der Waals surface area (Å²) in [5.74, 6) is -0.538. The van der Waals surface area contributed by atoms with E-state index in [4.69, 9.17) is 5.26 Å². The normalized spacial score (nSPS) is 10.8. The van der Waals surface area contributed by atoms with E-state index in [0.29, 0.717) is 11.1 Å². The van der Waals surface area contributed by atoms with E-state index >= 15 is 0 Å². The molecule has 0 N–H and O–H groups in total. The Morgan fingerprint density at radius 1 is 1.21 bits per heavy atom. The van der Waals surface area contributed by atoms with Crippen LogP contribution in [0.1, 0.15) is 23.1 Å². The van der Waals surface area contributed by atoms with Crippen molar-refractivity contribution in [2.45, 2.75) is 25.7 Å². The lowest BCUT2D eigenvalue weighted by molar-refractivity contribution is -0.274. The predicted octanol–water partition coefficient (Wildman–Crippen LogP) is 4.60. The average Bonchev–Trinajstić information content (AvgIpc) is 2.65. The summed E-state index contributed by atoms with van der Waals surface area (Å²) in [5.41, 5.74) is 1.58. The van der Waals surface area contributed by atoms with Crippen molar-refractivity contribution in [3.8, 4) is 11.8 Å². The third-order valence-corrected chi connectivity index (χ3v) is 3.94. The van der Waals surface area contributed by atoms with E-state index in [0.717, 1.165) is 5.56 Å². The maximum absolute atomic E-state index is 12.6. The predicted molar refractivity (Wildman–Crippen MR) is 98.2 cm³/mol. The molecule has 2 rings (SSSR count). The number of nitrogens with zero attached hydrogens (tertiary/aromatic N) is 2. The summed E-state index contributed by atoms with van der Waals surface area (Å²) < 4.78 is 41.6. The SMILES string of the molecule is C=CCN(Cc1cccc(C#N)c1)C(=O)CCc1ccccc1OC(F)(F)F. The number of carbonyl (C=O) groups excluding carboxylic acids is 1. The standard InChI is InChI=1S/C21H19F3N2O2/c1-2-12-26(15-17-7-5-6-16(13-17)14-25)20(27)11-10-18-8-3-4-9-19(18)28-21(22,23)24/h2-9,13H,1,10-12,15H2. The molecular weight excluding hydrogens is 369 g/mol. The van der Waals surface area contributed by atoms with Gasteiger partial charge in [0.05, 0.1) is 11.6 Å². The van der Waals surface area contributed by atoms with Gasteiger partial charge in [0.25, 0.3) is 0 Å². The maximum Gasteiger partial charge on any atom is 0.573 e. The zero-order valence-electron chi connectivity index (χ0n) is 15.1. The Bertz CT molecular complexity index is 872. The second-order valence-electron chi connectivity index (χ2n) is 6.03. The van der Waals surface area contributed by atoms with E-state index in [-0.39, 0.29) is 37.6 Å². The molecular formula is C21H19F3N2O2. The first-order chi connectivity index (χ1) is 13.3. The summed E-state index contributed by atoms with van der Waals surface area (Å²) in [4.78, 5) is 14.2. The van der Waals surface area contributed by atoms with Crippen molar-refractivity contribution in [2.24, 2.45) is 0 Å². The number of amides is 1. The van der Waals surface area contributed by atoms with Gasteiger partial charge in [-0.15, -0.1) is 19.8 Å². The number of rotatable bonds is 8. The molecule has 0 saturated heterocycles. The molecule has 0 aromatic heterocycles. The van der Waals surface area contributed by atoms with Gasteiger partial charge in [-0.2, -0.15) is 5.26 Å². The molecule has 2 aromatic rings. The molecule has 0 aliphatic rings. The van der Waals surface area contributed by atoms with Crippen molar-refractivity contribution in [3.05, 3.63) is 77.9 Å². The molecule has 28 heavy (non-hydrogen) atoms. The Labute approximate surface area is 161 Å². The number of halogens is 3. The topological polar surface area (TPSA) is 53.3 Å². The van der Waals surface area contributed by atoms with E-state index in [9.17, 15) is 18.0 Å². The zero-order chi connectivity index (χ0) is 20.6. The molecule has 0 spiro atoms. The highest BCUT2D eigenvalue weighted by Gasteiger charge is 2.32. The largest absolute Gasteiger partial charge is 0.573 e. The number of hydrogen-bond acceptors (Lipinski definition) is 3. The third-order valence-electron chi connectivity index (χ3n) is 3.94. The third kappa shape index (κ3) is 6.47. The first kappa shape index (κ1) is 21.0. The molecule has 7 heteroatoms. The van der Waals surface area contributed by atoms with Crippen molar-refractivity contribution in [3.63, 3.8) is 0 Å². The van der Waals surface area contributed by atoms with Gasteiger partial charge in [-0.3, -0.25) is 4.79 Å². The summed E-state index contributed by atoms with van der Waals surface area (Å²) >= 11 is 0. The second kappa shape index (κ2) is 9.60. The van der Waals surface area contributed by atoms with Crippen LogP contribution in [0.5, 0.6) is 5.75 Å². The van der Waals surface area contributed by atoms with Gasteiger partial charge in [-0.1, -0.05) is 36.4 Å². The van der Waals surface area contributed by atoms with Crippen LogP contribution >= 0.6 is 0 Å². The van der Waals surface area contributed by atoms with E-state index in [1.165, 1.54) is 23.1 Å². The molecule has 0 unspecified atom stereocenters. The molecule has 0 radical (unpaired) electrons. The van der Waals surface area contributed by atoms with E-state index in [2.05, 4.69) is 11.3 Å². The molecule has 2 aromatic carbocycles. The number of para-hydroxylation sites is 1. The van der Waals surface area contributed by atoms with E-state index in [1.54, 1.807) is 36.4 Å². The van der Waals surface area contributed by atoms with Gasteiger partial charge in [0.1, 0.15) is 5.75 Å². The fourth-order valence-corrected chi connectivity index (χ4v) is 2.70. The first-order valence-electron chi connectivity index (χ1n) is 8.53. The minimum Gasteiger partial charge on any atom is -0.406 e. The monoisotopic (exact) mass is 388 g/mol. The summed E-state index contributed by atoms with van der Waals surface area (Å²) in [5, 5.41) is 8.99. The van der Waals surface area contributed by atoms with Crippen LogP contribution in [0, 0.1) is 11.3 Å². The lowest BCUT2D eigenvalue weighted by atomic mass is 10.1. The smallest absolute Gasteiger partial charge is 0.406 e. The highest BCUT2D eigenvalue weighted by atomic mass is 19.4. The molecule has 1 amide bonds. The molecule has 0 atom stereocenters. The van der Waals surface area contributed by atoms with Gasteiger partial charge in [-0.05, 0) is 35.7 Å². The number of carbonyl (C=O) groups is 1. The molecule has 0 fully saturated rings. The number of hydrogen-bond donors (Lipinski definition) is 0. The average molecular weight is 388 g/mol. The fraction of sp³-hybridized carbons (Fsp3) is 0.238. The summed E-state index contributed by atoms with van der Waals surface area (Å²) in [6.45, 7) is 4.21. The van der Waals surface area contributed by atoms with Gasteiger partial charge >= 0.3 is 6.36 Å². The van der Waals surface area contributed by atoms with Crippen molar-refractivity contribution in [1.82, 2.24) is 4.90 Å². The van der Waals surface area contributed by atoms with Crippen LogP contribution in [-0.4, -0.2) is 23.7 Å². The molecule has 0 aliphatic heterocycles. The van der Waals surface area contributed by atoms with Crippen LogP contribution in [0.4, 0.5) is 13.2 Å². The first-order valence-corrected chi connectivity index (χ1v) is 8.53. The van der Waals surface area contributed by atoms with Crippen molar-refractivity contribution in [2.75, 3.05) is 6.54 Å². The molecule has 0 saturated carbocycles. The van der Waals surface area contributed by atoms with E-state index < -0.39 is 6.36 Å². The lowest BCUT2D eigenvalue weighted by Crippen LogP contribution is -2.31. The quantitative estimate of drug-likeness (QED) is 0.621. The van der Waals surface area contributed by atoms with Crippen molar-refractivity contribution < 1.29 is 22.7 Å². The molecule has 0 heterocycles. The zero-order valence-corrected chi connectivity index (χ0v) is 15.1. The number of ether oxygens (including phenoxy) is 1. The molecule has 0 aliphatic carbocycles. The Hall–Kier alpha value is -3.27. The minimum absolute atomic E-state index is 0.0179. The van der Waals surface area contributed by atoms with Crippen molar-refractivity contribution >= 4 is 5.91 Å². The van der Waals surface area contributed by atoms with Crippen LogP contribution in [0.3, 0.4) is 0 Å². The molecule has 146 valence electrons. The van der Waals surface area contributed by atoms with Crippen LogP contribution in [0.2, 0.25) is 0 Å². The summed E-state index contributed by atoms with van der Waals surface area (Å²) in [6.07, 6.45) is -3.09. The Kier molecular flexibility index (Phi) is 7.21. The minimum atomic E-state index is -4.79. The molecule has 0 bridgehead atoms. The Morgan fingerprint density at radius 3 is 2.64 bits per heavy atom. The maximum atomic E-state index is 12.6. The van der Waals surface area contributed by atoms with Gasteiger partial charge in [0.15, 0.2) is 0 Å². The highest BCUT2D eigenvalue weighted by Crippen LogP contribution is 2.27. The number of nitriles is 1. The van der Waals surface area contributed by atoms with Gasteiger partial charge in [-0.25, -0.2) is 0 Å². The van der Waals surface area contributed by atoms with Gasteiger partial charge in [0, 0.05) is 19.5 Å².